The first kappa shape index (κ1) is 45.2. The van der Waals surface area contributed by atoms with Gasteiger partial charge < -0.3 is 5.32 Å². The fourth-order valence-electron chi connectivity index (χ4n) is 9.62. The van der Waals surface area contributed by atoms with E-state index in [-0.39, 0.29) is 0 Å². The van der Waals surface area contributed by atoms with E-state index >= 15 is 0 Å². The zero-order valence-electron chi connectivity index (χ0n) is 40.9. The maximum Gasteiger partial charge on any atom is 0.200 e. The van der Waals surface area contributed by atoms with Crippen molar-refractivity contribution in [3.63, 3.8) is 0 Å². The molecule has 0 bridgehead atoms. The lowest BCUT2D eigenvalue weighted by Gasteiger charge is -2.09. The molecule has 12 rings (SSSR count). The van der Waals surface area contributed by atoms with Gasteiger partial charge in [-0.25, -0.2) is 0 Å². The molecule has 1 N–H and O–H groups in total. The molecular weight excluding hydrogens is 938 g/mol. The Morgan fingerprint density at radius 2 is 0.890 bits per heavy atom. The summed E-state index contributed by atoms with van der Waals surface area (Å²) in [5.74, 6) is 2.10. The topological polar surface area (TPSA) is 195 Å². The van der Waals surface area contributed by atoms with Crippen molar-refractivity contribution >= 4 is 34.2 Å². The molecule has 0 aliphatic carbocycles. The van der Waals surface area contributed by atoms with Crippen molar-refractivity contribution in [2.45, 2.75) is 46.0 Å². The average Bonchev–Trinajstić information content (AvgIpc) is 4.26. The smallest absolute Gasteiger partial charge is 0.200 e. The largest absolute Gasteiger partial charge is 0.385 e. The first-order chi connectivity index (χ1) is 35.5. The van der Waals surface area contributed by atoms with Gasteiger partial charge in [-0.05, 0) is 65.4 Å². The van der Waals surface area contributed by atoms with E-state index in [1.54, 1.807) is 9.03 Å². The molecule has 362 valence electrons. The van der Waals surface area contributed by atoms with Crippen LogP contribution in [0.1, 0.15) is 67.9 Å². The highest BCUT2D eigenvalue weighted by Crippen LogP contribution is 2.31. The molecular formula is C53H48ClN19. The molecule has 0 saturated heterocycles. The van der Waals surface area contributed by atoms with Crippen LogP contribution in [0.4, 0.5) is 5.69 Å². The lowest BCUT2D eigenvalue weighted by atomic mass is 10.0. The minimum absolute atomic E-state index is 0.465. The van der Waals surface area contributed by atoms with Crippen LogP contribution in [0.3, 0.4) is 0 Å². The number of fused-ring (bicyclic) bond motifs is 3. The van der Waals surface area contributed by atoms with Gasteiger partial charge in [-0.2, -0.15) is 44.1 Å². The third kappa shape index (κ3) is 8.73. The molecule has 0 aliphatic rings. The van der Waals surface area contributed by atoms with Crippen LogP contribution in [-0.4, -0.2) is 95.8 Å². The molecule has 0 saturated carbocycles. The number of nitrogens with one attached hydrogen (secondary N) is 1. The molecule has 12 aromatic rings. The normalized spacial score (nSPS) is 11.8. The Morgan fingerprint density at radius 1 is 0.438 bits per heavy atom. The number of benzene rings is 3. The summed E-state index contributed by atoms with van der Waals surface area (Å²) in [5.41, 5.74) is 16.9. The second-order valence-electron chi connectivity index (χ2n) is 18.5. The summed E-state index contributed by atoms with van der Waals surface area (Å²) in [7, 11) is 7.65. The van der Waals surface area contributed by atoms with Crippen LogP contribution < -0.4 is 5.32 Å². The van der Waals surface area contributed by atoms with Crippen molar-refractivity contribution in [1.82, 2.24) is 88.8 Å². The van der Waals surface area contributed by atoms with E-state index in [0.717, 1.165) is 90.1 Å². The quantitative estimate of drug-likeness (QED) is 0.113. The molecule has 0 radical (unpaired) electrons. The monoisotopic (exact) mass is 985 g/mol. The van der Waals surface area contributed by atoms with E-state index < -0.39 is 0 Å². The van der Waals surface area contributed by atoms with Gasteiger partial charge in [0, 0.05) is 95.6 Å². The molecule has 19 nitrogen and oxygen atoms in total. The van der Waals surface area contributed by atoms with Crippen LogP contribution in [0.5, 0.6) is 0 Å². The highest BCUT2D eigenvalue weighted by Gasteiger charge is 2.22. The maximum absolute atomic E-state index is 6.86. The number of hydrogen-bond acceptors (Lipinski definition) is 13. The van der Waals surface area contributed by atoms with Crippen molar-refractivity contribution in [2.24, 2.45) is 21.1 Å². The van der Waals surface area contributed by atoms with Crippen LogP contribution >= 0.6 is 11.6 Å². The van der Waals surface area contributed by atoms with Crippen LogP contribution in [0, 0.1) is 13.8 Å². The molecule has 9 heterocycles. The van der Waals surface area contributed by atoms with Gasteiger partial charge in [0.25, 0.3) is 0 Å². The molecule has 9 aromatic heterocycles. The number of aromatic nitrogens is 18. The molecule has 0 aliphatic heterocycles. The van der Waals surface area contributed by atoms with E-state index in [9.17, 15) is 0 Å². The van der Waals surface area contributed by atoms with Crippen molar-refractivity contribution < 1.29 is 0 Å². The predicted molar refractivity (Wildman–Crippen MR) is 276 cm³/mol. The van der Waals surface area contributed by atoms with Gasteiger partial charge in [-0.1, -0.05) is 90.5 Å². The Bertz CT molecular complexity index is 4040. The molecule has 0 fully saturated rings. The third-order valence-electron chi connectivity index (χ3n) is 13.0. The number of anilines is 1. The van der Waals surface area contributed by atoms with Gasteiger partial charge >= 0.3 is 0 Å². The summed E-state index contributed by atoms with van der Waals surface area (Å²) in [6.45, 7) is 3.93. The molecule has 0 unspecified atom stereocenters. The number of nitrogens with zero attached hydrogens (tertiary/aromatic N) is 18. The minimum atomic E-state index is 0.465. The standard InChI is InChI=1S/C53H48ClN19/c1-31-18-42(66-72-49(57-59-51(31)72)24-36-16-10-15-35(19-36)23-45-40(30-70(6)64-45)47-27-48(55-3)53-61-56-32(2)71(53)65-47)38-28-68(4)63-44(38)22-34-14-11-17-37(20-34)25-50-58-60-52-41(54)26-46(67-73(50)52)39-29-69(5)62-43(39)21-33-12-8-7-9-13-33/h7-20,26-30,55H,21-25H2,1-6H3. The highest BCUT2D eigenvalue weighted by molar-refractivity contribution is 6.33. The Balaban J connectivity index is 0.788. The third-order valence-corrected chi connectivity index (χ3v) is 13.3. The van der Waals surface area contributed by atoms with Gasteiger partial charge in [-0.15, -0.1) is 30.6 Å². The number of aryl methyl sites for hydroxylation is 5. The zero-order chi connectivity index (χ0) is 49.9. The van der Waals surface area contributed by atoms with Gasteiger partial charge in [-0.3, -0.25) is 14.0 Å². The Labute approximate surface area is 423 Å². The molecule has 0 amide bonds. The number of rotatable bonds is 14. The first-order valence-corrected chi connectivity index (χ1v) is 24.2. The summed E-state index contributed by atoms with van der Waals surface area (Å²) in [5, 5.41) is 60.2. The second kappa shape index (κ2) is 18.3. The summed E-state index contributed by atoms with van der Waals surface area (Å²) >= 11 is 6.86. The van der Waals surface area contributed by atoms with E-state index in [2.05, 4.69) is 103 Å². The van der Waals surface area contributed by atoms with Crippen molar-refractivity contribution in [3.8, 4) is 33.8 Å². The molecule has 20 heteroatoms. The van der Waals surface area contributed by atoms with Crippen molar-refractivity contribution in [1.29, 1.82) is 0 Å². The van der Waals surface area contributed by atoms with E-state index in [4.69, 9.17) is 42.2 Å². The number of hydrogen-bond donors (Lipinski definition) is 1. The molecule has 0 atom stereocenters. The van der Waals surface area contributed by atoms with E-state index in [0.29, 0.717) is 71.4 Å². The Hall–Kier alpha value is -8.97. The van der Waals surface area contributed by atoms with Crippen LogP contribution in [0.25, 0.3) is 50.7 Å². The SMILES string of the molecule is CNc1cc(-c2cn(C)nc2Cc2cccc(Cc3nnc4c(C)cc(-c5cn(C)nc5Cc5cccc(Cc6nnc7c(Cl)cc(-c8cn(C)nc8Cc8ccccc8)nn67)c5)nn34)c2)nn2c(C)nnc12. The highest BCUT2D eigenvalue weighted by atomic mass is 35.5. The lowest BCUT2D eigenvalue weighted by molar-refractivity contribution is 0.749. The predicted octanol–water partition coefficient (Wildman–Crippen LogP) is 7.47. The Morgan fingerprint density at radius 3 is 1.45 bits per heavy atom. The van der Waals surface area contributed by atoms with Crippen LogP contribution in [-0.2, 0) is 53.2 Å². The van der Waals surface area contributed by atoms with Gasteiger partial charge in [0.1, 0.15) is 0 Å². The van der Waals surface area contributed by atoms with E-state index in [1.807, 2.05) is 110 Å². The second-order valence-corrected chi connectivity index (χ2v) is 18.9. The van der Waals surface area contributed by atoms with Crippen molar-refractivity contribution in [2.75, 3.05) is 12.4 Å². The Kier molecular flexibility index (Phi) is 11.3. The van der Waals surface area contributed by atoms with Crippen LogP contribution in [0.15, 0.2) is 116 Å². The molecule has 3 aromatic carbocycles. The fraction of sp³-hybridized carbons (Fsp3) is 0.208. The zero-order valence-corrected chi connectivity index (χ0v) is 41.7. The van der Waals surface area contributed by atoms with Crippen molar-refractivity contribution in [3.05, 3.63) is 189 Å². The molecule has 73 heavy (non-hydrogen) atoms. The minimum Gasteiger partial charge on any atom is -0.385 e. The van der Waals surface area contributed by atoms with Gasteiger partial charge in [0.15, 0.2) is 28.8 Å². The number of halogens is 1. The van der Waals surface area contributed by atoms with Gasteiger partial charge in [0.2, 0.25) is 5.65 Å². The summed E-state index contributed by atoms with van der Waals surface area (Å²) in [6, 6.07) is 33.1. The van der Waals surface area contributed by atoms with E-state index in [1.165, 1.54) is 0 Å². The average molecular weight is 987 g/mol. The molecule has 0 spiro atoms. The van der Waals surface area contributed by atoms with Crippen LogP contribution in [0.2, 0.25) is 5.02 Å². The van der Waals surface area contributed by atoms with Gasteiger partial charge in [0.05, 0.1) is 44.9 Å². The maximum atomic E-state index is 6.86. The summed E-state index contributed by atoms with van der Waals surface area (Å²) < 4.78 is 10.9. The lowest BCUT2D eigenvalue weighted by Crippen LogP contribution is -2.04. The summed E-state index contributed by atoms with van der Waals surface area (Å²) in [6.07, 6.45) is 8.84. The first-order valence-electron chi connectivity index (χ1n) is 23.8. The summed E-state index contributed by atoms with van der Waals surface area (Å²) in [4.78, 5) is 0. The fourth-order valence-corrected chi connectivity index (χ4v) is 9.84.